The molecule has 0 saturated carbocycles. The SMILES string of the molecule is C[C@@H](Cn1cnnc1)NC(=O)[C@@H](O)c1cc(Cl)cc(Cl)c1. The van der Waals surface area contributed by atoms with E-state index in [2.05, 4.69) is 15.5 Å². The molecule has 2 atom stereocenters. The average molecular weight is 329 g/mol. The number of aromatic nitrogens is 3. The number of nitrogens with zero attached hydrogens (tertiary/aromatic N) is 3. The number of aliphatic hydroxyl groups is 1. The lowest BCUT2D eigenvalue weighted by atomic mass is 10.1. The molecule has 2 rings (SSSR count). The fraction of sp³-hybridized carbons (Fsp3) is 0.308. The molecular formula is C13H14Cl2N4O2. The van der Waals surface area contributed by atoms with E-state index in [1.165, 1.54) is 18.2 Å². The lowest BCUT2D eigenvalue weighted by Crippen LogP contribution is -2.38. The Kier molecular flexibility index (Phi) is 5.17. The Morgan fingerprint density at radius 2 is 1.86 bits per heavy atom. The minimum Gasteiger partial charge on any atom is -0.378 e. The lowest BCUT2D eigenvalue weighted by Gasteiger charge is -2.17. The first-order valence-electron chi connectivity index (χ1n) is 6.22. The zero-order valence-corrected chi connectivity index (χ0v) is 12.7. The summed E-state index contributed by atoms with van der Waals surface area (Å²) in [5.41, 5.74) is 0.349. The number of nitrogens with one attached hydrogen (secondary N) is 1. The van der Waals surface area contributed by atoms with Gasteiger partial charge in [-0.05, 0) is 30.7 Å². The highest BCUT2D eigenvalue weighted by atomic mass is 35.5. The average Bonchev–Trinajstić information content (AvgIpc) is 2.89. The van der Waals surface area contributed by atoms with Crippen LogP contribution in [0.3, 0.4) is 0 Å². The maximum Gasteiger partial charge on any atom is 0.253 e. The third-order valence-corrected chi connectivity index (χ3v) is 3.23. The van der Waals surface area contributed by atoms with Crippen LogP contribution in [-0.4, -0.2) is 31.8 Å². The Bertz CT molecular complexity index is 598. The predicted molar refractivity (Wildman–Crippen MR) is 79.0 cm³/mol. The van der Waals surface area contributed by atoms with Crippen LogP contribution >= 0.6 is 23.2 Å². The van der Waals surface area contributed by atoms with Gasteiger partial charge in [-0.3, -0.25) is 4.79 Å². The maximum atomic E-state index is 12.0. The van der Waals surface area contributed by atoms with Gasteiger partial charge in [0.15, 0.2) is 6.10 Å². The zero-order chi connectivity index (χ0) is 15.4. The van der Waals surface area contributed by atoms with E-state index in [0.29, 0.717) is 22.2 Å². The summed E-state index contributed by atoms with van der Waals surface area (Å²) >= 11 is 11.7. The van der Waals surface area contributed by atoms with Crippen molar-refractivity contribution < 1.29 is 9.90 Å². The van der Waals surface area contributed by atoms with Crippen molar-refractivity contribution >= 4 is 29.1 Å². The molecule has 0 unspecified atom stereocenters. The Morgan fingerprint density at radius 3 is 2.43 bits per heavy atom. The second-order valence-corrected chi connectivity index (χ2v) is 5.55. The molecule has 1 amide bonds. The quantitative estimate of drug-likeness (QED) is 0.877. The summed E-state index contributed by atoms with van der Waals surface area (Å²) in [4.78, 5) is 12.0. The van der Waals surface area contributed by atoms with E-state index in [-0.39, 0.29) is 6.04 Å². The predicted octanol–water partition coefficient (Wildman–Crippen LogP) is 1.82. The molecule has 0 spiro atoms. The van der Waals surface area contributed by atoms with Crippen LogP contribution in [0.25, 0.3) is 0 Å². The second-order valence-electron chi connectivity index (χ2n) is 4.67. The fourth-order valence-electron chi connectivity index (χ4n) is 1.88. The molecular weight excluding hydrogens is 315 g/mol. The molecule has 8 heteroatoms. The Hall–Kier alpha value is -1.63. The summed E-state index contributed by atoms with van der Waals surface area (Å²) < 4.78 is 1.73. The number of carbonyl (C=O) groups is 1. The van der Waals surface area contributed by atoms with E-state index in [0.717, 1.165) is 0 Å². The molecule has 6 nitrogen and oxygen atoms in total. The van der Waals surface area contributed by atoms with Gasteiger partial charge in [0.1, 0.15) is 12.7 Å². The van der Waals surface area contributed by atoms with Crippen molar-refractivity contribution in [1.82, 2.24) is 20.1 Å². The van der Waals surface area contributed by atoms with Crippen molar-refractivity contribution in [3.63, 3.8) is 0 Å². The summed E-state index contributed by atoms with van der Waals surface area (Å²) in [6, 6.07) is 4.34. The molecule has 0 bridgehead atoms. The molecule has 21 heavy (non-hydrogen) atoms. The topological polar surface area (TPSA) is 80.0 Å². The summed E-state index contributed by atoms with van der Waals surface area (Å²) in [5.74, 6) is -0.520. The monoisotopic (exact) mass is 328 g/mol. The molecule has 0 saturated heterocycles. The molecule has 112 valence electrons. The third-order valence-electron chi connectivity index (χ3n) is 2.79. The normalized spacial score (nSPS) is 13.7. The Labute approximate surface area is 131 Å². The van der Waals surface area contributed by atoms with E-state index in [1.54, 1.807) is 17.2 Å². The van der Waals surface area contributed by atoms with Crippen molar-refractivity contribution in [2.24, 2.45) is 0 Å². The van der Waals surface area contributed by atoms with Gasteiger partial charge in [-0.1, -0.05) is 23.2 Å². The van der Waals surface area contributed by atoms with Gasteiger partial charge in [-0.25, -0.2) is 0 Å². The second kappa shape index (κ2) is 6.89. The van der Waals surface area contributed by atoms with Gasteiger partial charge in [0.25, 0.3) is 5.91 Å². The van der Waals surface area contributed by atoms with Crippen molar-refractivity contribution in [1.29, 1.82) is 0 Å². The van der Waals surface area contributed by atoms with Crippen LogP contribution in [-0.2, 0) is 11.3 Å². The molecule has 1 aromatic carbocycles. The van der Waals surface area contributed by atoms with Crippen LogP contribution < -0.4 is 5.32 Å². The van der Waals surface area contributed by atoms with Gasteiger partial charge in [-0.2, -0.15) is 0 Å². The first-order valence-corrected chi connectivity index (χ1v) is 6.98. The molecule has 1 aromatic heterocycles. The van der Waals surface area contributed by atoms with Crippen LogP contribution in [0.1, 0.15) is 18.6 Å². The van der Waals surface area contributed by atoms with Gasteiger partial charge in [0.05, 0.1) is 0 Å². The number of benzene rings is 1. The summed E-state index contributed by atoms with van der Waals surface area (Å²) in [7, 11) is 0. The number of halogens is 2. The molecule has 0 aliphatic rings. The van der Waals surface area contributed by atoms with Gasteiger partial charge in [0.2, 0.25) is 0 Å². The summed E-state index contributed by atoms with van der Waals surface area (Å²) in [6.07, 6.45) is 1.77. The van der Waals surface area contributed by atoms with Crippen LogP contribution in [0.4, 0.5) is 0 Å². The van der Waals surface area contributed by atoms with E-state index in [1.807, 2.05) is 6.92 Å². The van der Waals surface area contributed by atoms with E-state index in [9.17, 15) is 9.90 Å². The van der Waals surface area contributed by atoms with Gasteiger partial charge in [-0.15, -0.1) is 10.2 Å². The lowest BCUT2D eigenvalue weighted by molar-refractivity contribution is -0.130. The van der Waals surface area contributed by atoms with Crippen molar-refractivity contribution in [2.75, 3.05) is 0 Å². The minimum atomic E-state index is -1.33. The number of hydrogen-bond acceptors (Lipinski definition) is 4. The highest BCUT2D eigenvalue weighted by Gasteiger charge is 2.20. The molecule has 0 aliphatic carbocycles. The van der Waals surface area contributed by atoms with Gasteiger partial charge in [0, 0.05) is 22.6 Å². The molecule has 0 fully saturated rings. The van der Waals surface area contributed by atoms with Crippen molar-refractivity contribution in [2.45, 2.75) is 25.6 Å². The largest absolute Gasteiger partial charge is 0.378 e. The van der Waals surface area contributed by atoms with Gasteiger partial charge >= 0.3 is 0 Å². The number of hydrogen-bond donors (Lipinski definition) is 2. The first kappa shape index (κ1) is 15.8. The standard InChI is InChI=1S/C13H14Cl2N4O2/c1-8(5-19-6-16-17-7-19)18-13(21)12(20)9-2-10(14)4-11(15)3-9/h2-4,6-8,12,20H,5H2,1H3,(H,18,21)/t8-,12-/m0/s1. The number of carbonyl (C=O) groups excluding carboxylic acids is 1. The van der Waals surface area contributed by atoms with E-state index < -0.39 is 12.0 Å². The van der Waals surface area contributed by atoms with Crippen LogP contribution in [0.2, 0.25) is 10.0 Å². The maximum absolute atomic E-state index is 12.0. The first-order chi connectivity index (χ1) is 9.95. The highest BCUT2D eigenvalue weighted by molar-refractivity contribution is 6.34. The summed E-state index contributed by atoms with van der Waals surface area (Å²) in [6.45, 7) is 2.32. The zero-order valence-electron chi connectivity index (χ0n) is 11.2. The molecule has 0 radical (unpaired) electrons. The van der Waals surface area contributed by atoms with Crippen molar-refractivity contribution in [3.05, 3.63) is 46.5 Å². The van der Waals surface area contributed by atoms with Crippen LogP contribution in [0.15, 0.2) is 30.9 Å². The molecule has 1 heterocycles. The fourth-order valence-corrected chi connectivity index (χ4v) is 2.43. The minimum absolute atomic E-state index is 0.196. The molecule has 2 N–H and O–H groups in total. The van der Waals surface area contributed by atoms with E-state index in [4.69, 9.17) is 23.2 Å². The molecule has 2 aromatic rings. The Balaban J connectivity index is 1.98. The third kappa shape index (κ3) is 4.42. The Morgan fingerprint density at radius 1 is 1.29 bits per heavy atom. The van der Waals surface area contributed by atoms with Crippen molar-refractivity contribution in [3.8, 4) is 0 Å². The highest BCUT2D eigenvalue weighted by Crippen LogP contribution is 2.23. The van der Waals surface area contributed by atoms with Crippen LogP contribution in [0, 0.1) is 0 Å². The van der Waals surface area contributed by atoms with Gasteiger partial charge < -0.3 is 15.0 Å². The number of aliphatic hydroxyl groups excluding tert-OH is 1. The smallest absolute Gasteiger partial charge is 0.253 e. The van der Waals surface area contributed by atoms with E-state index >= 15 is 0 Å². The number of rotatable bonds is 5. The van der Waals surface area contributed by atoms with Crippen LogP contribution in [0.5, 0.6) is 0 Å². The summed E-state index contributed by atoms with van der Waals surface area (Å²) in [5, 5.41) is 20.8. The number of amides is 1. The molecule has 0 aliphatic heterocycles.